The van der Waals surface area contributed by atoms with Crippen molar-refractivity contribution in [3.63, 3.8) is 0 Å². The molecule has 14 heavy (non-hydrogen) atoms. The quantitative estimate of drug-likeness (QED) is 0.256. The van der Waals surface area contributed by atoms with Gasteiger partial charge in [-0.1, -0.05) is 6.92 Å². The molecule has 1 aliphatic heterocycles. The molecule has 1 aliphatic rings. The van der Waals surface area contributed by atoms with E-state index < -0.39 is 0 Å². The minimum atomic E-state index is 0.178. The molecule has 1 saturated heterocycles. The highest BCUT2D eigenvalue weighted by Crippen LogP contribution is 2.27. The Bertz CT molecular complexity index is 199. The molecule has 0 aromatic heterocycles. The molecule has 0 aliphatic carbocycles. The van der Waals surface area contributed by atoms with Gasteiger partial charge in [0, 0.05) is 18.6 Å². The Kier molecular flexibility index (Phi) is 4.16. The third-order valence-electron chi connectivity index (χ3n) is 2.40. The van der Waals surface area contributed by atoms with E-state index in [-0.39, 0.29) is 5.41 Å². The van der Waals surface area contributed by atoms with Gasteiger partial charge >= 0.3 is 0 Å². The highest BCUT2D eigenvalue weighted by Gasteiger charge is 2.29. The van der Waals surface area contributed by atoms with E-state index in [0.29, 0.717) is 5.96 Å². The molecule has 0 radical (unpaired) electrons. The number of hydrazine groups is 1. The summed E-state index contributed by atoms with van der Waals surface area (Å²) in [6.45, 7) is 7.39. The number of nitrogens with zero attached hydrogens (tertiary/aromatic N) is 1. The molecular weight excluding hydrogens is 180 g/mol. The van der Waals surface area contributed by atoms with Crippen LogP contribution in [0, 0.1) is 5.41 Å². The summed E-state index contributed by atoms with van der Waals surface area (Å²) in [4.78, 5) is 4.38. The molecule has 1 unspecified atom stereocenters. The molecule has 0 bridgehead atoms. The van der Waals surface area contributed by atoms with Crippen molar-refractivity contribution in [3.05, 3.63) is 0 Å². The molecular formula is C9H20N4O. The van der Waals surface area contributed by atoms with Gasteiger partial charge < -0.3 is 10.1 Å². The predicted octanol–water partition coefficient (Wildman–Crippen LogP) is -0.158. The van der Waals surface area contributed by atoms with Crippen LogP contribution in [0.15, 0.2) is 4.99 Å². The van der Waals surface area contributed by atoms with Crippen LogP contribution in [0.25, 0.3) is 0 Å². The molecule has 0 aromatic rings. The molecule has 5 heteroatoms. The van der Waals surface area contributed by atoms with E-state index in [4.69, 9.17) is 10.6 Å². The fraction of sp³-hybridized carbons (Fsp3) is 0.889. The Morgan fingerprint density at radius 3 is 2.93 bits per heavy atom. The van der Waals surface area contributed by atoms with E-state index in [0.717, 1.165) is 32.7 Å². The van der Waals surface area contributed by atoms with Crippen LogP contribution in [-0.2, 0) is 4.74 Å². The van der Waals surface area contributed by atoms with E-state index in [9.17, 15) is 0 Å². The lowest BCUT2D eigenvalue weighted by molar-refractivity contribution is 0.163. The van der Waals surface area contributed by atoms with Crippen LogP contribution < -0.4 is 16.6 Å². The summed E-state index contributed by atoms with van der Waals surface area (Å²) in [5.41, 5.74) is 2.72. The average molecular weight is 200 g/mol. The first-order valence-electron chi connectivity index (χ1n) is 5.03. The Balaban J connectivity index is 2.42. The van der Waals surface area contributed by atoms with Crippen LogP contribution in [0.5, 0.6) is 0 Å². The van der Waals surface area contributed by atoms with E-state index in [1.807, 2.05) is 6.92 Å². The van der Waals surface area contributed by atoms with Crippen molar-refractivity contribution in [1.29, 1.82) is 0 Å². The summed E-state index contributed by atoms with van der Waals surface area (Å²) >= 11 is 0. The third-order valence-corrected chi connectivity index (χ3v) is 2.40. The molecule has 0 aromatic carbocycles. The number of hydrogen-bond donors (Lipinski definition) is 3. The van der Waals surface area contributed by atoms with Gasteiger partial charge in [0.1, 0.15) is 0 Å². The highest BCUT2D eigenvalue weighted by atomic mass is 16.5. The number of aliphatic imine (C=N–C) groups is 1. The first-order chi connectivity index (χ1) is 6.70. The maximum Gasteiger partial charge on any atom is 0.205 e. The standard InChI is InChI=1S/C9H20N4O/c1-3-11-8(13-10)12-6-9(2)4-5-14-7-9/h3-7,10H2,1-2H3,(H2,11,12,13). The average Bonchev–Trinajstić information content (AvgIpc) is 2.60. The second-order valence-electron chi connectivity index (χ2n) is 3.95. The normalized spacial score (nSPS) is 27.8. The van der Waals surface area contributed by atoms with Gasteiger partial charge in [0.15, 0.2) is 0 Å². The number of rotatable bonds is 3. The van der Waals surface area contributed by atoms with E-state index in [1.165, 1.54) is 0 Å². The minimum Gasteiger partial charge on any atom is -0.381 e. The van der Waals surface area contributed by atoms with Gasteiger partial charge in [0.25, 0.3) is 0 Å². The van der Waals surface area contributed by atoms with Crippen molar-refractivity contribution in [2.75, 3.05) is 26.3 Å². The van der Waals surface area contributed by atoms with Crippen LogP contribution in [0.4, 0.5) is 0 Å². The fourth-order valence-corrected chi connectivity index (χ4v) is 1.42. The van der Waals surface area contributed by atoms with Crippen LogP contribution in [0.3, 0.4) is 0 Å². The zero-order valence-electron chi connectivity index (χ0n) is 8.97. The number of hydrogen-bond acceptors (Lipinski definition) is 3. The van der Waals surface area contributed by atoms with Crippen LogP contribution in [-0.4, -0.2) is 32.3 Å². The summed E-state index contributed by atoms with van der Waals surface area (Å²) in [7, 11) is 0. The smallest absolute Gasteiger partial charge is 0.205 e. The van der Waals surface area contributed by atoms with Crippen molar-refractivity contribution in [2.45, 2.75) is 20.3 Å². The molecule has 82 valence electrons. The van der Waals surface area contributed by atoms with Gasteiger partial charge in [0.2, 0.25) is 5.96 Å². The summed E-state index contributed by atoms with van der Waals surface area (Å²) in [5.74, 6) is 5.97. The Morgan fingerprint density at radius 1 is 1.64 bits per heavy atom. The Hall–Kier alpha value is -0.810. The van der Waals surface area contributed by atoms with Gasteiger partial charge in [-0.05, 0) is 13.3 Å². The number of ether oxygens (including phenoxy) is 1. The Labute approximate surface area is 85.1 Å². The molecule has 1 heterocycles. The fourth-order valence-electron chi connectivity index (χ4n) is 1.42. The summed E-state index contributed by atoms with van der Waals surface area (Å²) in [6.07, 6.45) is 1.07. The maximum atomic E-state index is 5.34. The minimum absolute atomic E-state index is 0.178. The van der Waals surface area contributed by atoms with Crippen LogP contribution >= 0.6 is 0 Å². The topological polar surface area (TPSA) is 71.7 Å². The van der Waals surface area contributed by atoms with Crippen molar-refractivity contribution in [2.24, 2.45) is 16.3 Å². The maximum absolute atomic E-state index is 5.34. The van der Waals surface area contributed by atoms with Crippen molar-refractivity contribution >= 4 is 5.96 Å². The van der Waals surface area contributed by atoms with Crippen LogP contribution in [0.1, 0.15) is 20.3 Å². The van der Waals surface area contributed by atoms with Crippen molar-refractivity contribution in [3.8, 4) is 0 Å². The Morgan fingerprint density at radius 2 is 2.43 bits per heavy atom. The van der Waals surface area contributed by atoms with E-state index in [2.05, 4.69) is 22.7 Å². The molecule has 5 nitrogen and oxygen atoms in total. The first-order valence-corrected chi connectivity index (χ1v) is 5.03. The molecule has 0 saturated carbocycles. The van der Waals surface area contributed by atoms with Crippen molar-refractivity contribution < 1.29 is 4.74 Å². The predicted molar refractivity (Wildman–Crippen MR) is 56.8 cm³/mol. The molecule has 4 N–H and O–H groups in total. The molecule has 1 rings (SSSR count). The van der Waals surface area contributed by atoms with Crippen LogP contribution in [0.2, 0.25) is 0 Å². The van der Waals surface area contributed by atoms with Gasteiger partial charge in [-0.3, -0.25) is 10.4 Å². The molecule has 0 amide bonds. The lowest BCUT2D eigenvalue weighted by Gasteiger charge is -2.19. The SMILES string of the molecule is CCNC(=NCC1(C)CCOC1)NN. The second kappa shape index (κ2) is 5.17. The van der Waals surface area contributed by atoms with E-state index in [1.54, 1.807) is 0 Å². The highest BCUT2D eigenvalue weighted by molar-refractivity contribution is 5.79. The summed E-state index contributed by atoms with van der Waals surface area (Å²) in [5, 5.41) is 3.05. The molecule has 1 fully saturated rings. The monoisotopic (exact) mass is 200 g/mol. The van der Waals surface area contributed by atoms with Gasteiger partial charge in [-0.15, -0.1) is 0 Å². The number of nitrogens with one attached hydrogen (secondary N) is 2. The zero-order valence-corrected chi connectivity index (χ0v) is 8.97. The lowest BCUT2D eigenvalue weighted by Crippen LogP contribution is -2.42. The van der Waals surface area contributed by atoms with Gasteiger partial charge in [-0.2, -0.15) is 0 Å². The second-order valence-corrected chi connectivity index (χ2v) is 3.95. The molecule has 1 atom stereocenters. The third kappa shape index (κ3) is 3.16. The molecule has 0 spiro atoms. The van der Waals surface area contributed by atoms with Gasteiger partial charge in [-0.25, -0.2) is 5.84 Å². The first kappa shape index (κ1) is 11.3. The van der Waals surface area contributed by atoms with E-state index >= 15 is 0 Å². The van der Waals surface area contributed by atoms with Gasteiger partial charge in [0.05, 0.1) is 13.2 Å². The lowest BCUT2D eigenvalue weighted by atomic mass is 9.90. The number of nitrogens with two attached hydrogens (primary N) is 1. The zero-order chi connectivity index (χ0) is 10.4. The largest absolute Gasteiger partial charge is 0.381 e. The summed E-state index contributed by atoms with van der Waals surface area (Å²) < 4.78 is 5.34. The van der Waals surface area contributed by atoms with Crippen molar-refractivity contribution in [1.82, 2.24) is 10.7 Å². The number of guanidine groups is 1. The summed E-state index contributed by atoms with van der Waals surface area (Å²) in [6, 6.07) is 0.